The van der Waals surface area contributed by atoms with Crippen molar-refractivity contribution in [2.45, 2.75) is 32.2 Å². The molecule has 0 saturated carbocycles. The summed E-state index contributed by atoms with van der Waals surface area (Å²) in [5.74, 6) is -0.646. The van der Waals surface area contributed by atoms with E-state index < -0.39 is 5.82 Å². The first kappa shape index (κ1) is 13.3. The number of Topliss-reactive ketones (excluding diaryl/α,β-unsaturated/α-hetero) is 1. The van der Waals surface area contributed by atoms with Gasteiger partial charge in [-0.25, -0.2) is 4.39 Å². The van der Waals surface area contributed by atoms with Crippen molar-refractivity contribution >= 4 is 21.7 Å². The predicted molar refractivity (Wildman–Crippen MR) is 65.9 cm³/mol. The van der Waals surface area contributed by atoms with Crippen molar-refractivity contribution in [1.82, 2.24) is 0 Å². The van der Waals surface area contributed by atoms with Crippen LogP contribution < -0.4 is 5.73 Å². The maximum absolute atomic E-state index is 13.5. The first-order valence-electron chi connectivity index (χ1n) is 5.25. The van der Waals surface area contributed by atoms with E-state index in [0.717, 1.165) is 6.42 Å². The summed E-state index contributed by atoms with van der Waals surface area (Å²) < 4.78 is 13.9. The lowest BCUT2D eigenvalue weighted by atomic mass is 10.0. The number of ketones is 1. The fourth-order valence-corrected chi connectivity index (χ4v) is 1.80. The normalized spacial score (nSPS) is 12.5. The fraction of sp³-hybridized carbons (Fsp3) is 0.417. The van der Waals surface area contributed by atoms with Crippen LogP contribution in [-0.2, 0) is 0 Å². The molecule has 1 aromatic carbocycles. The summed E-state index contributed by atoms with van der Waals surface area (Å²) in [7, 11) is 0. The minimum Gasteiger partial charge on any atom is -0.328 e. The summed E-state index contributed by atoms with van der Waals surface area (Å²) in [6.07, 6.45) is 1.82. The second-order valence-electron chi connectivity index (χ2n) is 3.89. The Bertz CT molecular complexity index is 379. The summed E-state index contributed by atoms with van der Waals surface area (Å²) in [5.41, 5.74) is 5.73. The van der Waals surface area contributed by atoms with Crippen molar-refractivity contribution in [2.24, 2.45) is 5.73 Å². The molecule has 2 nitrogen and oxygen atoms in total. The number of carbonyl (C=O) groups is 1. The van der Waals surface area contributed by atoms with Crippen LogP contribution >= 0.6 is 15.9 Å². The Morgan fingerprint density at radius 1 is 1.56 bits per heavy atom. The molecule has 0 radical (unpaired) electrons. The van der Waals surface area contributed by atoms with Crippen LogP contribution in [0.5, 0.6) is 0 Å². The minimum absolute atomic E-state index is 0.0835. The monoisotopic (exact) mass is 287 g/mol. The zero-order valence-corrected chi connectivity index (χ0v) is 10.8. The fourth-order valence-electron chi connectivity index (χ4n) is 1.44. The van der Waals surface area contributed by atoms with Gasteiger partial charge in [0.05, 0.1) is 10.0 Å². The highest BCUT2D eigenvalue weighted by molar-refractivity contribution is 9.10. The zero-order chi connectivity index (χ0) is 12.1. The average molecular weight is 288 g/mol. The van der Waals surface area contributed by atoms with Gasteiger partial charge in [-0.1, -0.05) is 6.07 Å². The lowest BCUT2D eigenvalue weighted by Gasteiger charge is -2.05. The van der Waals surface area contributed by atoms with Crippen molar-refractivity contribution < 1.29 is 9.18 Å². The summed E-state index contributed by atoms with van der Waals surface area (Å²) in [6.45, 7) is 1.89. The van der Waals surface area contributed by atoms with E-state index in [4.69, 9.17) is 5.73 Å². The van der Waals surface area contributed by atoms with Gasteiger partial charge in [-0.15, -0.1) is 0 Å². The molecule has 0 bridgehead atoms. The summed E-state index contributed by atoms with van der Waals surface area (Å²) in [5, 5.41) is 0. The van der Waals surface area contributed by atoms with Gasteiger partial charge in [0, 0.05) is 12.5 Å². The van der Waals surface area contributed by atoms with Crippen LogP contribution in [0.2, 0.25) is 0 Å². The number of benzene rings is 1. The summed E-state index contributed by atoms with van der Waals surface area (Å²) in [6, 6.07) is 4.83. The summed E-state index contributed by atoms with van der Waals surface area (Å²) >= 11 is 3.06. The van der Waals surface area contributed by atoms with Crippen molar-refractivity contribution in [3.8, 4) is 0 Å². The van der Waals surface area contributed by atoms with Gasteiger partial charge in [0.15, 0.2) is 5.78 Å². The van der Waals surface area contributed by atoms with Crippen LogP contribution in [0, 0.1) is 5.82 Å². The molecule has 0 spiro atoms. The Labute approximate surface area is 103 Å². The van der Waals surface area contributed by atoms with Crippen molar-refractivity contribution in [1.29, 1.82) is 0 Å². The van der Waals surface area contributed by atoms with E-state index in [-0.39, 0.29) is 17.4 Å². The Morgan fingerprint density at radius 3 is 2.88 bits per heavy atom. The highest BCUT2D eigenvalue weighted by Crippen LogP contribution is 2.20. The van der Waals surface area contributed by atoms with E-state index in [2.05, 4.69) is 15.9 Å². The molecule has 16 heavy (non-hydrogen) atoms. The largest absolute Gasteiger partial charge is 0.328 e. The first-order chi connectivity index (χ1) is 7.52. The smallest absolute Gasteiger partial charge is 0.165 e. The highest BCUT2D eigenvalue weighted by atomic mass is 79.9. The average Bonchev–Trinajstić information content (AvgIpc) is 2.21. The van der Waals surface area contributed by atoms with E-state index in [1.54, 1.807) is 12.1 Å². The molecule has 0 aliphatic rings. The van der Waals surface area contributed by atoms with Gasteiger partial charge in [-0.2, -0.15) is 0 Å². The molecular formula is C12H15BrFNO. The number of halogens is 2. The van der Waals surface area contributed by atoms with Crippen LogP contribution in [-0.4, -0.2) is 11.8 Å². The quantitative estimate of drug-likeness (QED) is 0.845. The second kappa shape index (κ2) is 6.11. The van der Waals surface area contributed by atoms with Gasteiger partial charge < -0.3 is 5.73 Å². The van der Waals surface area contributed by atoms with Gasteiger partial charge in [-0.3, -0.25) is 4.79 Å². The van der Waals surface area contributed by atoms with Gasteiger partial charge in [-0.05, 0) is 47.8 Å². The third-order valence-electron chi connectivity index (χ3n) is 2.32. The lowest BCUT2D eigenvalue weighted by Crippen LogP contribution is -2.15. The molecule has 2 N–H and O–H groups in total. The molecule has 0 amide bonds. The van der Waals surface area contributed by atoms with Gasteiger partial charge in [0.1, 0.15) is 5.82 Å². The molecule has 4 heteroatoms. The van der Waals surface area contributed by atoms with Gasteiger partial charge >= 0.3 is 0 Å². The van der Waals surface area contributed by atoms with E-state index in [1.807, 2.05) is 6.92 Å². The molecule has 1 unspecified atom stereocenters. The number of nitrogens with two attached hydrogens (primary N) is 1. The Hall–Kier alpha value is -0.740. The number of rotatable bonds is 5. The van der Waals surface area contributed by atoms with Gasteiger partial charge in [0.2, 0.25) is 0 Å². The zero-order valence-electron chi connectivity index (χ0n) is 9.17. The van der Waals surface area contributed by atoms with Crippen LogP contribution in [0.1, 0.15) is 36.5 Å². The molecule has 0 aliphatic carbocycles. The lowest BCUT2D eigenvalue weighted by molar-refractivity contribution is 0.0975. The number of carbonyl (C=O) groups excluding carboxylic acids is 1. The van der Waals surface area contributed by atoms with E-state index in [0.29, 0.717) is 17.3 Å². The van der Waals surface area contributed by atoms with Crippen molar-refractivity contribution in [3.63, 3.8) is 0 Å². The molecule has 0 heterocycles. The molecule has 1 rings (SSSR count). The van der Waals surface area contributed by atoms with Gasteiger partial charge in [0.25, 0.3) is 0 Å². The van der Waals surface area contributed by atoms with Crippen LogP contribution in [0.25, 0.3) is 0 Å². The second-order valence-corrected chi connectivity index (χ2v) is 4.75. The molecule has 1 aromatic rings. The predicted octanol–water partition coefficient (Wildman–Crippen LogP) is 3.29. The number of hydrogen-bond acceptors (Lipinski definition) is 2. The maximum atomic E-state index is 13.5. The molecule has 0 aromatic heterocycles. The molecule has 88 valence electrons. The van der Waals surface area contributed by atoms with E-state index in [1.165, 1.54) is 6.07 Å². The topological polar surface area (TPSA) is 43.1 Å². The molecule has 0 aliphatic heterocycles. The molecule has 1 atom stereocenters. The molecule has 0 fully saturated rings. The van der Waals surface area contributed by atoms with Crippen molar-refractivity contribution in [3.05, 3.63) is 34.1 Å². The summed E-state index contributed by atoms with van der Waals surface area (Å²) in [4.78, 5) is 11.7. The van der Waals surface area contributed by atoms with Crippen molar-refractivity contribution in [2.75, 3.05) is 0 Å². The number of hydrogen-bond donors (Lipinski definition) is 1. The van der Waals surface area contributed by atoms with Crippen LogP contribution in [0.3, 0.4) is 0 Å². The Balaban J connectivity index is 2.63. The Morgan fingerprint density at radius 2 is 2.25 bits per heavy atom. The van der Waals surface area contributed by atoms with E-state index in [9.17, 15) is 9.18 Å². The third kappa shape index (κ3) is 3.68. The minimum atomic E-state index is -0.478. The van der Waals surface area contributed by atoms with Crippen LogP contribution in [0.4, 0.5) is 4.39 Å². The first-order valence-corrected chi connectivity index (χ1v) is 6.04. The highest BCUT2D eigenvalue weighted by Gasteiger charge is 2.13. The Kier molecular flexibility index (Phi) is 5.09. The standard InChI is InChI=1S/C12H15BrFNO/c1-8(15)4-2-7-11(16)9-5-3-6-10(13)12(9)14/h3,5-6,8H,2,4,7,15H2,1H3. The third-order valence-corrected chi connectivity index (χ3v) is 2.93. The van der Waals surface area contributed by atoms with Crippen LogP contribution in [0.15, 0.2) is 22.7 Å². The molecule has 0 saturated heterocycles. The SMILES string of the molecule is CC(N)CCCC(=O)c1cccc(Br)c1F. The van der Waals surface area contributed by atoms with E-state index >= 15 is 0 Å². The molecular weight excluding hydrogens is 273 g/mol. The maximum Gasteiger partial charge on any atom is 0.165 e.